The molecule has 7 aliphatic heterocycles. The third-order valence-corrected chi connectivity index (χ3v) is 15.3. The van der Waals surface area contributed by atoms with Crippen LogP contribution in [-0.4, -0.2) is 380 Å². The molecule has 7 fully saturated rings. The fourth-order valence-electron chi connectivity index (χ4n) is 10.7. The van der Waals surface area contributed by atoms with Crippen molar-refractivity contribution < 1.29 is 178 Å². The predicted octanol–water partition coefficient (Wildman–Crippen LogP) is -16.0. The number of hydrogen-bond acceptors (Lipinski definition) is 36. The molecule has 0 saturated carbocycles. The number of nitrogens with one attached hydrogen (secondary N) is 2. The SMILES string of the molecule is CC(=O)N[C@@H]1[C@@H](O)[C@H](O[C@@H]2O[C@H](CO)[C@@H](O[C@@H]3O[C@H](CO[C@@H]4O[C@H](CO)[C@@H](O)[C@H](O[C@@H]5O[C@H](CO)[C@@H](O)[C@H](O)[C@@H]5O)[C@@H]4O)[C@@H](O)[C@H](O[C@@H]4O[C@H](CO)[C@@H](O)[C@H](O)[C@@H]4O[C@@H]4O[C@H](CO)[C@@H](O)[C@H](O)[C@@H]4O)[C@@H]3O)[C@H](O)[C@H]2NC(C)=O)[C@@H](CO)O[C@H]1O. The van der Waals surface area contributed by atoms with Crippen LogP contribution >= 0.6 is 0 Å². The van der Waals surface area contributed by atoms with Crippen molar-refractivity contribution in [3.63, 3.8) is 0 Å². The fraction of sp³-hybridized carbons (Fsp3) is 0.957. The summed E-state index contributed by atoms with van der Waals surface area (Å²) in [6.45, 7) is -5.04. The van der Waals surface area contributed by atoms with Crippen LogP contribution in [0.2, 0.25) is 0 Å². The number of ether oxygens (including phenoxy) is 13. The third-order valence-electron chi connectivity index (χ3n) is 15.3. The van der Waals surface area contributed by atoms with Gasteiger partial charge in [0.2, 0.25) is 11.8 Å². The van der Waals surface area contributed by atoms with Crippen molar-refractivity contribution in [2.45, 2.75) is 229 Å². The molecule has 7 saturated heterocycles. The van der Waals surface area contributed by atoms with Gasteiger partial charge in [0.25, 0.3) is 0 Å². The summed E-state index contributed by atoms with van der Waals surface area (Å²) in [6.07, 6.45) is -65.9. The molecule has 23 N–H and O–H groups in total. The van der Waals surface area contributed by atoms with Crippen molar-refractivity contribution in [3.05, 3.63) is 0 Å². The Morgan fingerprint density at radius 1 is 0.310 bits per heavy atom. The lowest BCUT2D eigenvalue weighted by atomic mass is 9.94. The number of hydrogen-bond donors (Lipinski definition) is 23. The zero-order valence-electron chi connectivity index (χ0n) is 44.7. The number of rotatable bonds is 21. The monoisotopic (exact) mass is 1230 g/mol. The first-order valence-corrected chi connectivity index (χ1v) is 26.6. The molecule has 0 aromatic rings. The van der Waals surface area contributed by atoms with Gasteiger partial charge in [0, 0.05) is 13.8 Å². The lowest BCUT2D eigenvalue weighted by Gasteiger charge is -2.50. The van der Waals surface area contributed by atoms with Gasteiger partial charge in [0.1, 0.15) is 171 Å². The quantitative estimate of drug-likeness (QED) is 0.0507. The second kappa shape index (κ2) is 29.9. The molecule has 0 aliphatic carbocycles. The maximum absolute atomic E-state index is 12.7. The first-order valence-electron chi connectivity index (χ1n) is 26.6. The van der Waals surface area contributed by atoms with E-state index in [9.17, 15) is 117 Å². The highest BCUT2D eigenvalue weighted by molar-refractivity contribution is 5.73. The van der Waals surface area contributed by atoms with Gasteiger partial charge < -0.3 is 179 Å². The van der Waals surface area contributed by atoms with E-state index in [-0.39, 0.29) is 0 Å². The van der Waals surface area contributed by atoms with Crippen molar-refractivity contribution >= 4 is 11.8 Å². The van der Waals surface area contributed by atoms with E-state index in [1.165, 1.54) is 0 Å². The van der Waals surface area contributed by atoms with Gasteiger partial charge >= 0.3 is 0 Å². The number of aliphatic hydroxyl groups is 21. The molecule has 0 bridgehead atoms. The average Bonchev–Trinajstić information content (AvgIpc) is 2.62. The van der Waals surface area contributed by atoms with Gasteiger partial charge in [0.15, 0.2) is 44.0 Å². The van der Waals surface area contributed by atoms with Crippen molar-refractivity contribution in [2.75, 3.05) is 46.2 Å². The highest BCUT2D eigenvalue weighted by atomic mass is 16.8. The van der Waals surface area contributed by atoms with Crippen LogP contribution in [0.3, 0.4) is 0 Å². The maximum Gasteiger partial charge on any atom is 0.217 e. The topological polar surface area (TPSA) is 603 Å². The van der Waals surface area contributed by atoms with E-state index in [0.29, 0.717) is 0 Å². The van der Waals surface area contributed by atoms with Gasteiger partial charge in [-0.15, -0.1) is 0 Å². The normalized spacial score (nSPS) is 50.3. The molecule has 2 amide bonds. The zero-order valence-corrected chi connectivity index (χ0v) is 44.7. The van der Waals surface area contributed by atoms with E-state index in [1.807, 2.05) is 0 Å². The average molecular weight is 1240 g/mol. The number of aliphatic hydroxyl groups excluding tert-OH is 21. The molecule has 7 rings (SSSR count). The van der Waals surface area contributed by atoms with Crippen LogP contribution < -0.4 is 10.6 Å². The Morgan fingerprint density at radius 2 is 0.643 bits per heavy atom. The maximum atomic E-state index is 12.7. The number of amides is 2. The van der Waals surface area contributed by atoms with Crippen LogP contribution in [0.25, 0.3) is 0 Å². The van der Waals surface area contributed by atoms with E-state index in [4.69, 9.17) is 61.6 Å². The molecule has 84 heavy (non-hydrogen) atoms. The Balaban J connectivity index is 1.20. The molecule has 7 aliphatic rings. The lowest BCUT2D eigenvalue weighted by Crippen LogP contribution is -2.70. The predicted molar refractivity (Wildman–Crippen MR) is 255 cm³/mol. The van der Waals surface area contributed by atoms with Gasteiger partial charge in [-0.2, -0.15) is 0 Å². The Labute approximate surface area is 475 Å². The van der Waals surface area contributed by atoms with Crippen LogP contribution in [0.1, 0.15) is 13.8 Å². The molecular weight excluding hydrogens is 1160 g/mol. The Morgan fingerprint density at radius 3 is 1.14 bits per heavy atom. The summed E-state index contributed by atoms with van der Waals surface area (Å²) < 4.78 is 74.6. The van der Waals surface area contributed by atoms with Gasteiger partial charge in [-0.25, -0.2) is 0 Å². The fourth-order valence-corrected chi connectivity index (χ4v) is 10.7. The van der Waals surface area contributed by atoms with E-state index in [0.717, 1.165) is 13.8 Å². The molecule has 7 heterocycles. The zero-order chi connectivity index (χ0) is 61.9. The second-order valence-electron chi connectivity index (χ2n) is 21.1. The highest BCUT2D eigenvalue weighted by Gasteiger charge is 2.59. The van der Waals surface area contributed by atoms with E-state index in [2.05, 4.69) is 10.6 Å². The van der Waals surface area contributed by atoms with Crippen molar-refractivity contribution in [1.29, 1.82) is 0 Å². The van der Waals surface area contributed by atoms with Crippen LogP contribution in [0.5, 0.6) is 0 Å². The summed E-state index contributed by atoms with van der Waals surface area (Å²) in [6, 6.07) is -3.40. The summed E-state index contributed by atoms with van der Waals surface area (Å²) in [5.74, 6) is -1.62. The first kappa shape index (κ1) is 69.1. The standard InChI is InChI=1S/C46H78N2O36/c1-10(55)47-19-26(62)35(16(7-53)73-40(19)71)80-41-20(48-11(2)56)27(63)36(17(8-54)78-41)81-45-34(70)38(83-46-39(30(66)23(59)14(5-51)77-46)84-44-32(68)29(65)22(58)13(4-50)76-44)25(61)18(79-45)9-72-42-33(69)37(24(60)15(6-52)74-42)82-43-31(67)28(64)21(57)12(3-49)75-43/h12-46,49-54,57-71H,3-9H2,1-2H3,(H,47,55)(H,48,56)/t12-,13-,14-,15-,16-,17-,18-,19-,20-,21-,22-,23-,24-,25-,26-,27-,28+,29+,30+,31+,32+,33+,34+,35-,36-,37+,38+,39+,40-,41+,42-,43+,44+,45+,46+/m1/s1. The van der Waals surface area contributed by atoms with Crippen LogP contribution in [-0.2, 0) is 71.2 Å². The van der Waals surface area contributed by atoms with E-state index >= 15 is 0 Å². The molecule has 38 heteroatoms. The van der Waals surface area contributed by atoms with Crippen molar-refractivity contribution in [1.82, 2.24) is 10.6 Å². The van der Waals surface area contributed by atoms with Gasteiger partial charge in [-0.05, 0) is 0 Å². The van der Waals surface area contributed by atoms with Crippen molar-refractivity contribution in [3.8, 4) is 0 Å². The second-order valence-corrected chi connectivity index (χ2v) is 21.1. The van der Waals surface area contributed by atoms with Crippen LogP contribution in [0.4, 0.5) is 0 Å². The molecule has 38 nitrogen and oxygen atoms in total. The summed E-state index contributed by atoms with van der Waals surface area (Å²) in [5, 5.41) is 232. The minimum atomic E-state index is -2.41. The minimum Gasteiger partial charge on any atom is -0.394 e. The molecule has 35 atom stereocenters. The summed E-state index contributed by atoms with van der Waals surface area (Å²) in [5.41, 5.74) is 0. The number of carbonyl (C=O) groups excluding carboxylic acids is 2. The van der Waals surface area contributed by atoms with E-state index in [1.54, 1.807) is 0 Å². The molecule has 0 aromatic heterocycles. The molecule has 0 spiro atoms. The molecule has 0 radical (unpaired) electrons. The highest BCUT2D eigenvalue weighted by Crippen LogP contribution is 2.38. The lowest BCUT2D eigenvalue weighted by molar-refractivity contribution is -0.398. The molecule has 0 unspecified atom stereocenters. The minimum absolute atomic E-state index is 0.744. The van der Waals surface area contributed by atoms with Crippen molar-refractivity contribution in [2.24, 2.45) is 0 Å². The molecule has 488 valence electrons. The first-order chi connectivity index (χ1) is 39.7. The summed E-state index contributed by atoms with van der Waals surface area (Å²) in [4.78, 5) is 24.7. The van der Waals surface area contributed by atoms with Gasteiger partial charge in [-0.3, -0.25) is 9.59 Å². The van der Waals surface area contributed by atoms with Gasteiger partial charge in [-0.1, -0.05) is 0 Å². The Bertz CT molecular complexity index is 2060. The summed E-state index contributed by atoms with van der Waals surface area (Å²) in [7, 11) is 0. The largest absolute Gasteiger partial charge is 0.394 e. The summed E-state index contributed by atoms with van der Waals surface area (Å²) >= 11 is 0. The van der Waals surface area contributed by atoms with Gasteiger partial charge in [0.05, 0.1) is 46.2 Å². The number of carbonyl (C=O) groups is 2. The Kier molecular flexibility index (Phi) is 24.6. The molecule has 0 aromatic carbocycles. The van der Waals surface area contributed by atoms with E-state index < -0.39 is 273 Å². The smallest absolute Gasteiger partial charge is 0.217 e. The van der Waals surface area contributed by atoms with Crippen LogP contribution in [0, 0.1) is 0 Å². The molecular formula is C46H78N2O36. The third kappa shape index (κ3) is 14.7. The Hall–Kier alpha value is -2.42. The van der Waals surface area contributed by atoms with Crippen LogP contribution in [0.15, 0.2) is 0 Å².